The van der Waals surface area contributed by atoms with E-state index in [0.717, 1.165) is 23.2 Å². The topological polar surface area (TPSA) is 26.3 Å². The average Bonchev–Trinajstić information content (AvgIpc) is 2.09. The van der Waals surface area contributed by atoms with E-state index in [4.69, 9.17) is 4.74 Å². The smallest absolute Gasteiger partial charge is 0.124 e. The molecule has 1 aromatic carbocycles. The number of hydrogen-bond donors (Lipinski definition) is 0. The molecular weight excluding hydrogens is 152 g/mol. The highest BCUT2D eigenvalue weighted by atomic mass is 16.5. The van der Waals surface area contributed by atoms with Crippen molar-refractivity contribution in [3.8, 4) is 5.75 Å². The molecule has 0 unspecified atom stereocenters. The van der Waals surface area contributed by atoms with Crippen LogP contribution in [0.3, 0.4) is 0 Å². The zero-order chi connectivity index (χ0) is 8.97. The molecule has 0 aliphatic heterocycles. The predicted octanol–water partition coefficient (Wildman–Crippen LogP) is 1.75. The third kappa shape index (κ3) is 1.64. The Labute approximate surface area is 72.2 Å². The third-order valence-corrected chi connectivity index (χ3v) is 1.87. The van der Waals surface area contributed by atoms with Crippen molar-refractivity contribution in [2.24, 2.45) is 0 Å². The molecule has 0 saturated heterocycles. The number of hydrogen-bond acceptors (Lipinski definition) is 2. The van der Waals surface area contributed by atoms with Crippen LogP contribution in [0.5, 0.6) is 5.75 Å². The maximum atomic E-state index is 10.3. The van der Waals surface area contributed by atoms with E-state index >= 15 is 0 Å². The van der Waals surface area contributed by atoms with Gasteiger partial charge in [0, 0.05) is 12.0 Å². The lowest BCUT2D eigenvalue weighted by molar-refractivity contribution is -0.107. The van der Waals surface area contributed by atoms with E-state index in [-0.39, 0.29) is 0 Å². The monoisotopic (exact) mass is 164 g/mol. The Kier molecular flexibility index (Phi) is 2.86. The van der Waals surface area contributed by atoms with Gasteiger partial charge in [-0.05, 0) is 18.6 Å². The van der Waals surface area contributed by atoms with Crippen molar-refractivity contribution < 1.29 is 9.53 Å². The van der Waals surface area contributed by atoms with Gasteiger partial charge in [0.05, 0.1) is 7.11 Å². The van der Waals surface area contributed by atoms with Gasteiger partial charge in [-0.15, -0.1) is 0 Å². The highest BCUT2D eigenvalue weighted by Crippen LogP contribution is 2.21. The van der Waals surface area contributed by atoms with Gasteiger partial charge in [-0.3, -0.25) is 0 Å². The van der Waals surface area contributed by atoms with E-state index in [0.29, 0.717) is 6.42 Å². The fourth-order valence-electron chi connectivity index (χ4n) is 1.21. The van der Waals surface area contributed by atoms with E-state index in [1.165, 1.54) is 0 Å². The standard InChI is InChI=1S/C10H12O2/c1-8-4-3-5-10(12-2)9(8)6-7-11/h3-5,7H,6H2,1-2H3. The van der Waals surface area contributed by atoms with Gasteiger partial charge in [0.1, 0.15) is 12.0 Å². The minimum absolute atomic E-state index is 0.426. The summed E-state index contributed by atoms with van der Waals surface area (Å²) in [5.74, 6) is 0.794. The average molecular weight is 164 g/mol. The molecule has 0 heterocycles. The van der Waals surface area contributed by atoms with Gasteiger partial charge < -0.3 is 9.53 Å². The number of methoxy groups -OCH3 is 1. The summed E-state index contributed by atoms with van der Waals surface area (Å²) in [6.07, 6.45) is 1.32. The van der Waals surface area contributed by atoms with Crippen molar-refractivity contribution in [2.75, 3.05) is 7.11 Å². The van der Waals surface area contributed by atoms with Gasteiger partial charge >= 0.3 is 0 Å². The molecule has 64 valence electrons. The number of ether oxygens (including phenoxy) is 1. The Balaban J connectivity index is 3.10. The van der Waals surface area contributed by atoms with Crippen LogP contribution < -0.4 is 4.74 Å². The molecule has 0 spiro atoms. The molecule has 0 radical (unpaired) electrons. The predicted molar refractivity (Wildman–Crippen MR) is 47.5 cm³/mol. The molecule has 1 rings (SSSR count). The van der Waals surface area contributed by atoms with Crippen LogP contribution in [0.25, 0.3) is 0 Å². The summed E-state index contributed by atoms with van der Waals surface area (Å²) in [6, 6.07) is 5.76. The highest BCUT2D eigenvalue weighted by Gasteiger charge is 2.03. The Bertz CT molecular complexity index is 279. The molecule has 1 aromatic rings. The highest BCUT2D eigenvalue weighted by molar-refractivity contribution is 5.59. The van der Waals surface area contributed by atoms with E-state index < -0.39 is 0 Å². The summed E-state index contributed by atoms with van der Waals surface area (Å²) in [5, 5.41) is 0. The Morgan fingerprint density at radius 2 is 2.25 bits per heavy atom. The normalized spacial score (nSPS) is 9.50. The van der Waals surface area contributed by atoms with Crippen molar-refractivity contribution in [1.29, 1.82) is 0 Å². The van der Waals surface area contributed by atoms with E-state index in [2.05, 4.69) is 0 Å². The summed E-state index contributed by atoms with van der Waals surface area (Å²) in [4.78, 5) is 10.3. The number of benzene rings is 1. The maximum absolute atomic E-state index is 10.3. The molecule has 0 N–H and O–H groups in total. The van der Waals surface area contributed by atoms with Crippen LogP contribution >= 0.6 is 0 Å². The van der Waals surface area contributed by atoms with Crippen molar-refractivity contribution in [1.82, 2.24) is 0 Å². The van der Waals surface area contributed by atoms with E-state index in [9.17, 15) is 4.79 Å². The molecular formula is C10H12O2. The van der Waals surface area contributed by atoms with Crippen LogP contribution in [-0.2, 0) is 11.2 Å². The molecule has 12 heavy (non-hydrogen) atoms. The van der Waals surface area contributed by atoms with Crippen LogP contribution in [0.15, 0.2) is 18.2 Å². The van der Waals surface area contributed by atoms with Gasteiger partial charge in [-0.25, -0.2) is 0 Å². The summed E-state index contributed by atoms with van der Waals surface area (Å²) in [7, 11) is 1.61. The molecule has 2 nitrogen and oxygen atoms in total. The van der Waals surface area contributed by atoms with Gasteiger partial charge in [0.15, 0.2) is 0 Å². The van der Waals surface area contributed by atoms with Crippen LogP contribution in [0.2, 0.25) is 0 Å². The number of aldehydes is 1. The first kappa shape index (κ1) is 8.78. The van der Waals surface area contributed by atoms with Crippen LogP contribution in [0.1, 0.15) is 11.1 Å². The number of carbonyl (C=O) groups excluding carboxylic acids is 1. The van der Waals surface area contributed by atoms with Crippen LogP contribution in [0.4, 0.5) is 0 Å². The number of aryl methyl sites for hydroxylation is 1. The van der Waals surface area contributed by atoms with Gasteiger partial charge in [-0.2, -0.15) is 0 Å². The summed E-state index contributed by atoms with van der Waals surface area (Å²) in [5.41, 5.74) is 2.08. The second-order valence-corrected chi connectivity index (χ2v) is 2.63. The fourth-order valence-corrected chi connectivity index (χ4v) is 1.21. The van der Waals surface area contributed by atoms with Crippen molar-refractivity contribution in [3.63, 3.8) is 0 Å². The maximum Gasteiger partial charge on any atom is 0.124 e. The Morgan fingerprint density at radius 1 is 1.50 bits per heavy atom. The summed E-state index contributed by atoms with van der Waals surface area (Å²) in [6.45, 7) is 1.97. The lowest BCUT2D eigenvalue weighted by Crippen LogP contribution is -1.95. The molecule has 0 aliphatic carbocycles. The first-order chi connectivity index (χ1) is 5.79. The summed E-state index contributed by atoms with van der Waals surface area (Å²) < 4.78 is 5.12. The number of carbonyl (C=O) groups is 1. The molecule has 0 amide bonds. The minimum Gasteiger partial charge on any atom is -0.496 e. The number of rotatable bonds is 3. The lowest BCUT2D eigenvalue weighted by atomic mass is 10.1. The molecule has 0 fully saturated rings. The third-order valence-electron chi connectivity index (χ3n) is 1.87. The molecule has 0 saturated carbocycles. The largest absolute Gasteiger partial charge is 0.496 e. The lowest BCUT2D eigenvalue weighted by Gasteiger charge is -2.07. The fraction of sp³-hybridized carbons (Fsp3) is 0.300. The SMILES string of the molecule is COc1cccc(C)c1CC=O. The molecule has 0 aromatic heterocycles. The van der Waals surface area contributed by atoms with E-state index in [1.54, 1.807) is 7.11 Å². The van der Waals surface area contributed by atoms with Gasteiger partial charge in [-0.1, -0.05) is 12.1 Å². The van der Waals surface area contributed by atoms with Crippen molar-refractivity contribution >= 4 is 6.29 Å². The van der Waals surface area contributed by atoms with Crippen molar-refractivity contribution in [2.45, 2.75) is 13.3 Å². The minimum atomic E-state index is 0.426. The first-order valence-corrected chi connectivity index (χ1v) is 3.85. The second-order valence-electron chi connectivity index (χ2n) is 2.63. The molecule has 0 bridgehead atoms. The second kappa shape index (κ2) is 3.90. The Hall–Kier alpha value is -1.31. The quantitative estimate of drug-likeness (QED) is 0.636. The molecule has 0 aliphatic rings. The summed E-state index contributed by atoms with van der Waals surface area (Å²) >= 11 is 0. The van der Waals surface area contributed by atoms with E-state index in [1.807, 2.05) is 25.1 Å². The zero-order valence-electron chi connectivity index (χ0n) is 7.33. The first-order valence-electron chi connectivity index (χ1n) is 3.85. The van der Waals surface area contributed by atoms with Gasteiger partial charge in [0.2, 0.25) is 0 Å². The Morgan fingerprint density at radius 3 is 2.83 bits per heavy atom. The molecule has 0 atom stereocenters. The molecule has 2 heteroatoms. The van der Waals surface area contributed by atoms with Crippen molar-refractivity contribution in [3.05, 3.63) is 29.3 Å². The van der Waals surface area contributed by atoms with Gasteiger partial charge in [0.25, 0.3) is 0 Å². The zero-order valence-corrected chi connectivity index (χ0v) is 7.33. The van der Waals surface area contributed by atoms with Crippen LogP contribution in [0, 0.1) is 6.92 Å². The van der Waals surface area contributed by atoms with Crippen LogP contribution in [-0.4, -0.2) is 13.4 Å².